The summed E-state index contributed by atoms with van der Waals surface area (Å²) in [6, 6.07) is 3.87. The van der Waals surface area contributed by atoms with Crippen LogP contribution in [0.15, 0.2) is 12.1 Å². The normalized spacial score (nSPS) is 13.9. The van der Waals surface area contributed by atoms with E-state index < -0.39 is 0 Å². The third kappa shape index (κ3) is 2.38. The lowest BCUT2D eigenvalue weighted by molar-refractivity contribution is 0.110. The highest BCUT2D eigenvalue weighted by atomic mass is 16.5. The van der Waals surface area contributed by atoms with Gasteiger partial charge in [-0.15, -0.1) is 0 Å². The van der Waals surface area contributed by atoms with Crippen molar-refractivity contribution in [3.05, 3.63) is 23.4 Å². The fraction of sp³-hybridized carbons (Fsp3) is 0.438. The summed E-state index contributed by atoms with van der Waals surface area (Å²) in [5, 5.41) is 4.46. The van der Waals surface area contributed by atoms with E-state index in [-0.39, 0.29) is 0 Å². The molecule has 1 aliphatic heterocycles. The van der Waals surface area contributed by atoms with Crippen molar-refractivity contribution in [2.75, 3.05) is 32.7 Å². The first kappa shape index (κ1) is 13.9. The van der Waals surface area contributed by atoms with Gasteiger partial charge in [-0.2, -0.15) is 0 Å². The van der Waals surface area contributed by atoms with E-state index in [1.807, 2.05) is 12.1 Å². The number of hydrogen-bond donors (Lipinski definition) is 1. The molecule has 2 heterocycles. The van der Waals surface area contributed by atoms with Crippen molar-refractivity contribution < 1.29 is 14.2 Å². The molecule has 1 aromatic carbocycles. The van der Waals surface area contributed by atoms with Gasteiger partial charge in [0.1, 0.15) is 17.0 Å². The Morgan fingerprint density at radius 2 is 2.14 bits per heavy atom. The zero-order valence-electron chi connectivity index (χ0n) is 12.7. The van der Waals surface area contributed by atoms with Crippen molar-refractivity contribution in [1.29, 1.82) is 0 Å². The van der Waals surface area contributed by atoms with E-state index in [1.165, 1.54) is 0 Å². The number of anilines is 1. The summed E-state index contributed by atoms with van der Waals surface area (Å²) in [6.07, 6.45) is 0.832. The molecule has 0 aliphatic carbocycles. The third-order valence-electron chi connectivity index (χ3n) is 3.75. The molecule has 0 fully saturated rings. The van der Waals surface area contributed by atoms with Gasteiger partial charge in [0.25, 0.3) is 0 Å². The lowest BCUT2D eigenvalue weighted by Gasteiger charge is -2.22. The Morgan fingerprint density at radius 1 is 1.29 bits per heavy atom. The Morgan fingerprint density at radius 3 is 2.86 bits per heavy atom. The molecule has 0 bridgehead atoms. The number of rotatable bonds is 4. The Hall–Kier alpha value is -2.01. The van der Waals surface area contributed by atoms with Gasteiger partial charge in [-0.3, -0.25) is 0 Å². The van der Waals surface area contributed by atoms with Crippen LogP contribution in [0.5, 0.6) is 11.5 Å². The molecule has 0 unspecified atom stereocenters. The maximum absolute atomic E-state index is 5.60. The number of ether oxygens (including phenoxy) is 3. The first-order chi connectivity index (χ1) is 10.3. The molecule has 3 rings (SSSR count). The molecule has 0 saturated heterocycles. The second kappa shape index (κ2) is 5.77. The standard InChI is InChI=1S/C16H20N2O3/c1-4-17-15-11-7-10(19-2)8-14(20-3)16(11)18-13-5-6-21-9-12(13)15/h7-8H,4-6,9H2,1-3H3,(H,17,18). The van der Waals surface area contributed by atoms with Crippen LogP contribution in [0.3, 0.4) is 0 Å². The van der Waals surface area contributed by atoms with Crippen molar-refractivity contribution in [3.63, 3.8) is 0 Å². The van der Waals surface area contributed by atoms with Crippen molar-refractivity contribution >= 4 is 16.6 Å². The van der Waals surface area contributed by atoms with Crippen LogP contribution >= 0.6 is 0 Å². The van der Waals surface area contributed by atoms with E-state index >= 15 is 0 Å². The summed E-state index contributed by atoms with van der Waals surface area (Å²) in [5.74, 6) is 1.50. The van der Waals surface area contributed by atoms with Gasteiger partial charge in [0, 0.05) is 30.0 Å². The summed E-state index contributed by atoms with van der Waals surface area (Å²) in [7, 11) is 3.31. The molecule has 21 heavy (non-hydrogen) atoms. The molecule has 0 amide bonds. The van der Waals surface area contributed by atoms with Gasteiger partial charge in [0.2, 0.25) is 0 Å². The number of fused-ring (bicyclic) bond motifs is 2. The number of aromatic nitrogens is 1. The van der Waals surface area contributed by atoms with Crippen LogP contribution in [0.4, 0.5) is 5.69 Å². The molecular weight excluding hydrogens is 268 g/mol. The van der Waals surface area contributed by atoms with Gasteiger partial charge in [0.05, 0.1) is 38.8 Å². The molecule has 5 nitrogen and oxygen atoms in total. The fourth-order valence-electron chi connectivity index (χ4n) is 2.76. The van der Waals surface area contributed by atoms with Crippen molar-refractivity contribution in [2.45, 2.75) is 20.0 Å². The van der Waals surface area contributed by atoms with Crippen LogP contribution in [-0.2, 0) is 17.8 Å². The second-order valence-electron chi connectivity index (χ2n) is 4.97. The highest BCUT2D eigenvalue weighted by Gasteiger charge is 2.20. The molecule has 1 aliphatic rings. The summed E-state index contributed by atoms with van der Waals surface area (Å²) >= 11 is 0. The first-order valence-corrected chi connectivity index (χ1v) is 7.17. The van der Waals surface area contributed by atoms with Crippen molar-refractivity contribution in [1.82, 2.24) is 4.98 Å². The largest absolute Gasteiger partial charge is 0.497 e. The molecule has 5 heteroatoms. The minimum atomic E-state index is 0.597. The number of methoxy groups -OCH3 is 2. The number of nitrogens with one attached hydrogen (secondary N) is 1. The first-order valence-electron chi connectivity index (χ1n) is 7.17. The second-order valence-corrected chi connectivity index (χ2v) is 4.97. The third-order valence-corrected chi connectivity index (χ3v) is 3.75. The number of hydrogen-bond acceptors (Lipinski definition) is 5. The minimum absolute atomic E-state index is 0.597. The quantitative estimate of drug-likeness (QED) is 0.937. The van der Waals surface area contributed by atoms with Crippen LogP contribution in [0.2, 0.25) is 0 Å². The average molecular weight is 288 g/mol. The maximum Gasteiger partial charge on any atom is 0.148 e. The Kier molecular flexibility index (Phi) is 3.84. The van der Waals surface area contributed by atoms with Gasteiger partial charge in [-0.25, -0.2) is 4.98 Å². The van der Waals surface area contributed by atoms with Gasteiger partial charge in [-0.1, -0.05) is 0 Å². The summed E-state index contributed by atoms with van der Waals surface area (Å²) in [5.41, 5.74) is 4.18. The fourth-order valence-corrected chi connectivity index (χ4v) is 2.76. The van der Waals surface area contributed by atoms with Crippen LogP contribution in [-0.4, -0.2) is 32.4 Å². The average Bonchev–Trinajstić information content (AvgIpc) is 2.54. The Balaban J connectivity index is 2.33. The summed E-state index contributed by atoms with van der Waals surface area (Å²) < 4.78 is 16.5. The van der Waals surface area contributed by atoms with Crippen LogP contribution in [0.25, 0.3) is 10.9 Å². The molecule has 0 radical (unpaired) electrons. The van der Waals surface area contributed by atoms with Gasteiger partial charge < -0.3 is 19.5 Å². The smallest absolute Gasteiger partial charge is 0.148 e. The topological polar surface area (TPSA) is 52.6 Å². The van der Waals surface area contributed by atoms with E-state index in [2.05, 4.69) is 12.2 Å². The van der Waals surface area contributed by atoms with E-state index in [1.54, 1.807) is 14.2 Å². The molecule has 1 N–H and O–H groups in total. The van der Waals surface area contributed by atoms with Crippen LogP contribution < -0.4 is 14.8 Å². The van der Waals surface area contributed by atoms with E-state index in [0.717, 1.165) is 58.9 Å². The molecule has 0 atom stereocenters. The monoisotopic (exact) mass is 288 g/mol. The summed E-state index contributed by atoms with van der Waals surface area (Å²) in [4.78, 5) is 4.80. The molecular formula is C16H20N2O3. The minimum Gasteiger partial charge on any atom is -0.497 e. The number of pyridine rings is 1. The Bertz CT molecular complexity index is 670. The predicted molar refractivity (Wildman–Crippen MR) is 82.4 cm³/mol. The lowest BCUT2D eigenvalue weighted by Crippen LogP contribution is -2.15. The molecule has 0 saturated carbocycles. The Labute approximate surface area is 124 Å². The number of benzene rings is 1. The molecule has 1 aromatic heterocycles. The van der Waals surface area contributed by atoms with Crippen molar-refractivity contribution in [3.8, 4) is 11.5 Å². The highest BCUT2D eigenvalue weighted by molar-refractivity contribution is 5.98. The van der Waals surface area contributed by atoms with E-state index in [0.29, 0.717) is 6.61 Å². The van der Waals surface area contributed by atoms with Gasteiger partial charge in [0.15, 0.2) is 0 Å². The summed E-state index contributed by atoms with van der Waals surface area (Å²) in [6.45, 7) is 4.24. The number of nitrogens with zero attached hydrogens (tertiary/aromatic N) is 1. The van der Waals surface area contributed by atoms with Crippen LogP contribution in [0, 0.1) is 0 Å². The van der Waals surface area contributed by atoms with Crippen molar-refractivity contribution in [2.24, 2.45) is 0 Å². The molecule has 112 valence electrons. The SMILES string of the molecule is CCNc1c2c(nc3c(OC)cc(OC)cc13)CCOC2. The lowest BCUT2D eigenvalue weighted by atomic mass is 10.0. The molecule has 0 spiro atoms. The predicted octanol–water partition coefficient (Wildman–Crippen LogP) is 2.76. The van der Waals surface area contributed by atoms with E-state index in [4.69, 9.17) is 19.2 Å². The zero-order valence-corrected chi connectivity index (χ0v) is 12.7. The van der Waals surface area contributed by atoms with Gasteiger partial charge in [-0.05, 0) is 13.0 Å². The molecule has 2 aromatic rings. The highest BCUT2D eigenvalue weighted by Crippen LogP contribution is 2.38. The van der Waals surface area contributed by atoms with Crippen LogP contribution in [0.1, 0.15) is 18.2 Å². The maximum atomic E-state index is 5.60. The zero-order chi connectivity index (χ0) is 14.8. The van der Waals surface area contributed by atoms with E-state index in [9.17, 15) is 0 Å². The van der Waals surface area contributed by atoms with Gasteiger partial charge >= 0.3 is 0 Å².